The lowest BCUT2D eigenvalue weighted by molar-refractivity contribution is 0.0473. The van der Waals surface area contributed by atoms with Gasteiger partial charge in [-0.25, -0.2) is 0 Å². The fraction of sp³-hybridized carbons (Fsp3) is 0.417. The summed E-state index contributed by atoms with van der Waals surface area (Å²) in [6.07, 6.45) is 1.19. The maximum Gasteiger partial charge on any atom is 0.255 e. The third-order valence-electron chi connectivity index (χ3n) is 2.84. The third kappa shape index (κ3) is 3.00. The molecule has 1 aliphatic rings. The molecule has 3 nitrogen and oxygen atoms in total. The zero-order valence-corrected chi connectivity index (χ0v) is 11.5. The molecule has 1 atom stereocenters. The van der Waals surface area contributed by atoms with E-state index >= 15 is 0 Å². The van der Waals surface area contributed by atoms with Gasteiger partial charge in [-0.2, -0.15) is 0 Å². The van der Waals surface area contributed by atoms with Crippen LogP contribution in [-0.4, -0.2) is 35.1 Å². The number of aliphatic hydroxyl groups excluding tert-OH is 1. The van der Waals surface area contributed by atoms with E-state index < -0.39 is 6.10 Å². The number of nitrogens with zero attached hydrogens (tertiary/aromatic N) is 1. The van der Waals surface area contributed by atoms with Crippen LogP contribution in [0.1, 0.15) is 23.2 Å². The number of piperidine rings is 1. The number of hydrogen-bond acceptors (Lipinski definition) is 2. The molecule has 1 saturated heterocycles. The first kappa shape index (κ1) is 12.9. The molecule has 0 aromatic heterocycles. The Bertz CT molecular complexity index is 439. The molecular weight excluding hydrogens is 305 g/mol. The van der Waals surface area contributed by atoms with Crippen LogP contribution in [0.2, 0.25) is 5.02 Å². The van der Waals surface area contributed by atoms with Gasteiger partial charge in [0, 0.05) is 22.6 Å². The highest BCUT2D eigenvalue weighted by atomic mass is 79.9. The summed E-state index contributed by atoms with van der Waals surface area (Å²) in [6.45, 7) is 1.09. The Labute approximate surface area is 114 Å². The standard InChI is InChI=1S/C12H13BrClNO2/c13-11-4-3-8(14)6-10(11)12(17)15-5-1-2-9(16)7-15/h3-4,6,9,16H,1-2,5,7H2/t9-/m0/s1. The number of carbonyl (C=O) groups excluding carboxylic acids is 1. The summed E-state index contributed by atoms with van der Waals surface area (Å²) >= 11 is 9.23. The molecule has 0 saturated carbocycles. The SMILES string of the molecule is O=C(c1cc(Cl)ccc1Br)N1CCC[C@H](O)C1. The lowest BCUT2D eigenvalue weighted by Gasteiger charge is -2.30. The Kier molecular flexibility index (Phi) is 4.07. The summed E-state index contributed by atoms with van der Waals surface area (Å²) in [7, 11) is 0. The maximum absolute atomic E-state index is 12.2. The Morgan fingerprint density at radius 2 is 2.29 bits per heavy atom. The molecular formula is C12H13BrClNO2. The van der Waals surface area contributed by atoms with Gasteiger partial charge in [0.15, 0.2) is 0 Å². The quantitative estimate of drug-likeness (QED) is 0.865. The molecule has 1 aromatic rings. The van der Waals surface area contributed by atoms with Crippen LogP contribution in [-0.2, 0) is 0 Å². The first-order valence-corrected chi connectivity index (χ1v) is 6.67. The average molecular weight is 319 g/mol. The fourth-order valence-electron chi connectivity index (χ4n) is 1.97. The van der Waals surface area contributed by atoms with Crippen LogP contribution >= 0.6 is 27.5 Å². The van der Waals surface area contributed by atoms with Crippen molar-refractivity contribution in [3.05, 3.63) is 33.3 Å². The lowest BCUT2D eigenvalue weighted by Crippen LogP contribution is -2.42. The second-order valence-corrected chi connectivity index (χ2v) is 5.46. The molecule has 17 heavy (non-hydrogen) atoms. The number of hydrogen-bond donors (Lipinski definition) is 1. The summed E-state index contributed by atoms with van der Waals surface area (Å²) in [5.74, 6) is -0.0851. The van der Waals surface area contributed by atoms with Gasteiger partial charge in [0.2, 0.25) is 0 Å². The van der Waals surface area contributed by atoms with Gasteiger partial charge in [-0.3, -0.25) is 4.79 Å². The zero-order chi connectivity index (χ0) is 12.4. The first-order chi connectivity index (χ1) is 8.08. The number of aliphatic hydroxyl groups is 1. The molecule has 1 aromatic carbocycles. The minimum Gasteiger partial charge on any atom is -0.391 e. The maximum atomic E-state index is 12.2. The van der Waals surface area contributed by atoms with Gasteiger partial charge >= 0.3 is 0 Å². The topological polar surface area (TPSA) is 40.5 Å². The zero-order valence-electron chi connectivity index (χ0n) is 9.20. The predicted molar refractivity (Wildman–Crippen MR) is 70.3 cm³/mol. The van der Waals surface area contributed by atoms with E-state index in [1.54, 1.807) is 23.1 Å². The van der Waals surface area contributed by atoms with Gasteiger partial charge in [0.1, 0.15) is 0 Å². The summed E-state index contributed by atoms with van der Waals surface area (Å²) in [5, 5.41) is 10.1. The van der Waals surface area contributed by atoms with E-state index in [9.17, 15) is 9.90 Å². The molecule has 1 fully saturated rings. The third-order valence-corrected chi connectivity index (χ3v) is 3.77. The molecule has 5 heteroatoms. The van der Waals surface area contributed by atoms with Gasteiger partial charge in [-0.1, -0.05) is 11.6 Å². The Balaban J connectivity index is 2.21. The van der Waals surface area contributed by atoms with Crippen molar-refractivity contribution in [3.8, 4) is 0 Å². The van der Waals surface area contributed by atoms with Gasteiger partial charge < -0.3 is 10.0 Å². The minimum atomic E-state index is -0.411. The number of β-amino-alcohol motifs (C(OH)–C–C–N with tert-alkyl or cyclic N) is 1. The fourth-order valence-corrected chi connectivity index (χ4v) is 2.56. The number of carbonyl (C=O) groups is 1. The molecule has 0 radical (unpaired) electrons. The molecule has 0 spiro atoms. The van der Waals surface area contributed by atoms with E-state index in [1.165, 1.54) is 0 Å². The average Bonchev–Trinajstić information content (AvgIpc) is 2.31. The van der Waals surface area contributed by atoms with E-state index in [0.29, 0.717) is 23.7 Å². The van der Waals surface area contributed by atoms with E-state index in [0.717, 1.165) is 17.3 Å². The van der Waals surface area contributed by atoms with E-state index in [4.69, 9.17) is 11.6 Å². The van der Waals surface area contributed by atoms with E-state index in [2.05, 4.69) is 15.9 Å². The highest BCUT2D eigenvalue weighted by molar-refractivity contribution is 9.10. The number of rotatable bonds is 1. The molecule has 1 heterocycles. The van der Waals surface area contributed by atoms with Crippen molar-refractivity contribution >= 4 is 33.4 Å². The molecule has 1 aliphatic heterocycles. The van der Waals surface area contributed by atoms with Crippen LogP contribution in [0, 0.1) is 0 Å². The van der Waals surface area contributed by atoms with Crippen LogP contribution in [0.15, 0.2) is 22.7 Å². The van der Waals surface area contributed by atoms with E-state index in [1.807, 2.05) is 0 Å². The van der Waals surface area contributed by atoms with Crippen molar-refractivity contribution in [2.45, 2.75) is 18.9 Å². The predicted octanol–water partition coefficient (Wildman–Crippen LogP) is 2.70. The van der Waals surface area contributed by atoms with Gasteiger partial charge in [-0.15, -0.1) is 0 Å². The van der Waals surface area contributed by atoms with Gasteiger partial charge in [-0.05, 0) is 47.0 Å². The Morgan fingerprint density at radius 3 is 3.00 bits per heavy atom. The van der Waals surface area contributed by atoms with Gasteiger partial charge in [0.05, 0.1) is 11.7 Å². The minimum absolute atomic E-state index is 0.0851. The lowest BCUT2D eigenvalue weighted by atomic mass is 10.1. The van der Waals surface area contributed by atoms with Gasteiger partial charge in [0.25, 0.3) is 5.91 Å². The summed E-state index contributed by atoms with van der Waals surface area (Å²) in [4.78, 5) is 13.9. The summed E-state index contributed by atoms with van der Waals surface area (Å²) < 4.78 is 0.729. The van der Waals surface area contributed by atoms with Crippen LogP contribution < -0.4 is 0 Å². The van der Waals surface area contributed by atoms with Crippen molar-refractivity contribution in [1.29, 1.82) is 0 Å². The molecule has 1 N–H and O–H groups in total. The number of benzene rings is 1. The molecule has 2 rings (SSSR count). The highest BCUT2D eigenvalue weighted by Gasteiger charge is 2.24. The van der Waals surface area contributed by atoms with Crippen molar-refractivity contribution in [3.63, 3.8) is 0 Å². The number of halogens is 2. The largest absolute Gasteiger partial charge is 0.391 e. The van der Waals surface area contributed by atoms with Crippen molar-refractivity contribution in [2.75, 3.05) is 13.1 Å². The molecule has 92 valence electrons. The second kappa shape index (κ2) is 5.38. The van der Waals surface area contributed by atoms with Crippen molar-refractivity contribution < 1.29 is 9.90 Å². The first-order valence-electron chi connectivity index (χ1n) is 5.50. The van der Waals surface area contributed by atoms with Crippen molar-refractivity contribution in [1.82, 2.24) is 4.90 Å². The van der Waals surface area contributed by atoms with Crippen LogP contribution in [0.5, 0.6) is 0 Å². The molecule has 0 unspecified atom stereocenters. The smallest absolute Gasteiger partial charge is 0.255 e. The summed E-state index contributed by atoms with van der Waals surface area (Å²) in [5.41, 5.74) is 0.548. The second-order valence-electron chi connectivity index (χ2n) is 4.17. The normalized spacial score (nSPS) is 20.4. The number of amides is 1. The molecule has 0 bridgehead atoms. The van der Waals surface area contributed by atoms with Crippen molar-refractivity contribution in [2.24, 2.45) is 0 Å². The summed E-state index contributed by atoms with van der Waals surface area (Å²) in [6, 6.07) is 5.14. The number of likely N-dealkylation sites (tertiary alicyclic amines) is 1. The molecule has 0 aliphatic carbocycles. The van der Waals surface area contributed by atoms with Crippen LogP contribution in [0.3, 0.4) is 0 Å². The Hall–Kier alpha value is -0.580. The Morgan fingerprint density at radius 1 is 1.53 bits per heavy atom. The molecule has 1 amide bonds. The van der Waals surface area contributed by atoms with E-state index in [-0.39, 0.29) is 5.91 Å². The monoisotopic (exact) mass is 317 g/mol. The van der Waals surface area contributed by atoms with Crippen LogP contribution in [0.4, 0.5) is 0 Å². The van der Waals surface area contributed by atoms with Crippen LogP contribution in [0.25, 0.3) is 0 Å². The highest BCUT2D eigenvalue weighted by Crippen LogP contribution is 2.24.